The number of ether oxygens (including phenoxy) is 2. The summed E-state index contributed by atoms with van der Waals surface area (Å²) in [7, 11) is 1.60. The van der Waals surface area contributed by atoms with Gasteiger partial charge in [0.15, 0.2) is 0 Å². The lowest BCUT2D eigenvalue weighted by Gasteiger charge is -2.15. The molecule has 3 rings (SSSR count). The third kappa shape index (κ3) is 6.30. The van der Waals surface area contributed by atoms with Gasteiger partial charge in [-0.25, -0.2) is 4.99 Å². The fourth-order valence-corrected chi connectivity index (χ4v) is 2.86. The van der Waals surface area contributed by atoms with Crippen molar-refractivity contribution in [1.82, 2.24) is 10.3 Å². The van der Waals surface area contributed by atoms with Gasteiger partial charge in [0, 0.05) is 11.8 Å². The van der Waals surface area contributed by atoms with E-state index in [0.717, 1.165) is 11.3 Å². The molecule has 0 fully saturated rings. The Morgan fingerprint density at radius 1 is 1.10 bits per heavy atom. The molecule has 160 valence electrons. The zero-order valence-corrected chi connectivity index (χ0v) is 17.9. The van der Waals surface area contributed by atoms with Crippen LogP contribution in [-0.4, -0.2) is 30.6 Å². The van der Waals surface area contributed by atoms with Crippen molar-refractivity contribution in [3.8, 4) is 11.5 Å². The van der Waals surface area contributed by atoms with Crippen molar-refractivity contribution < 1.29 is 14.3 Å². The molecule has 1 heterocycles. The number of aliphatic imine (C=N–C) groups is 1. The topological polar surface area (TPSA) is 84.8 Å². The molecule has 0 atom stereocenters. The SMILES string of the molecule is CCOc1ccc(C(=O)NC(=NCc2ccccn2)Nc2cc(C)ccc2OC)cc1. The Balaban J connectivity index is 1.83. The quantitative estimate of drug-likeness (QED) is 0.444. The van der Waals surface area contributed by atoms with E-state index in [4.69, 9.17) is 9.47 Å². The van der Waals surface area contributed by atoms with Gasteiger partial charge in [0.25, 0.3) is 5.91 Å². The Bertz CT molecular complexity index is 1030. The molecule has 0 aliphatic heterocycles. The molecule has 0 saturated heterocycles. The van der Waals surface area contributed by atoms with Crippen LogP contribution in [0.4, 0.5) is 5.69 Å². The largest absolute Gasteiger partial charge is 0.495 e. The molecule has 7 nitrogen and oxygen atoms in total. The molecule has 0 unspecified atom stereocenters. The lowest BCUT2D eigenvalue weighted by atomic mass is 10.2. The molecule has 2 aromatic carbocycles. The van der Waals surface area contributed by atoms with Crippen molar-refractivity contribution in [3.63, 3.8) is 0 Å². The molecule has 0 aliphatic rings. The third-order valence-corrected chi connectivity index (χ3v) is 4.39. The van der Waals surface area contributed by atoms with E-state index >= 15 is 0 Å². The summed E-state index contributed by atoms with van der Waals surface area (Å²) in [6, 6.07) is 18.3. The molecule has 0 aliphatic carbocycles. The van der Waals surface area contributed by atoms with E-state index in [1.54, 1.807) is 37.6 Å². The Morgan fingerprint density at radius 2 is 1.90 bits per heavy atom. The van der Waals surface area contributed by atoms with Crippen molar-refractivity contribution in [3.05, 3.63) is 83.7 Å². The Hall–Kier alpha value is -3.87. The van der Waals surface area contributed by atoms with Gasteiger partial charge in [-0.2, -0.15) is 0 Å². The van der Waals surface area contributed by atoms with Crippen LogP contribution in [0.1, 0.15) is 28.5 Å². The van der Waals surface area contributed by atoms with E-state index in [2.05, 4.69) is 20.6 Å². The molecule has 1 amide bonds. The number of carbonyl (C=O) groups is 1. The first-order valence-corrected chi connectivity index (χ1v) is 9.99. The predicted octanol–water partition coefficient (Wildman–Crippen LogP) is 4.20. The number of amides is 1. The van der Waals surface area contributed by atoms with Gasteiger partial charge in [-0.15, -0.1) is 0 Å². The summed E-state index contributed by atoms with van der Waals surface area (Å²) in [6.45, 7) is 4.77. The number of hydrogen-bond acceptors (Lipinski definition) is 5. The number of nitrogens with zero attached hydrogens (tertiary/aromatic N) is 2. The van der Waals surface area contributed by atoms with Gasteiger partial charge >= 0.3 is 0 Å². The average Bonchev–Trinajstić information content (AvgIpc) is 2.79. The highest BCUT2D eigenvalue weighted by Crippen LogP contribution is 2.25. The maximum absolute atomic E-state index is 12.8. The van der Waals surface area contributed by atoms with Crippen molar-refractivity contribution >= 4 is 17.6 Å². The highest BCUT2D eigenvalue weighted by Gasteiger charge is 2.12. The minimum Gasteiger partial charge on any atom is -0.495 e. The van der Waals surface area contributed by atoms with Crippen LogP contribution in [0.25, 0.3) is 0 Å². The fourth-order valence-electron chi connectivity index (χ4n) is 2.86. The second-order valence-corrected chi connectivity index (χ2v) is 6.73. The van der Waals surface area contributed by atoms with Gasteiger partial charge < -0.3 is 14.8 Å². The lowest BCUT2D eigenvalue weighted by Crippen LogP contribution is -2.36. The first-order valence-electron chi connectivity index (χ1n) is 9.99. The number of methoxy groups -OCH3 is 1. The van der Waals surface area contributed by atoms with E-state index < -0.39 is 0 Å². The Labute approximate surface area is 182 Å². The van der Waals surface area contributed by atoms with Crippen molar-refractivity contribution in [2.75, 3.05) is 19.0 Å². The van der Waals surface area contributed by atoms with E-state index in [0.29, 0.717) is 41.9 Å². The van der Waals surface area contributed by atoms with Crippen LogP contribution in [-0.2, 0) is 6.54 Å². The predicted molar refractivity (Wildman–Crippen MR) is 122 cm³/mol. The summed E-state index contributed by atoms with van der Waals surface area (Å²) in [5.74, 6) is 1.37. The van der Waals surface area contributed by atoms with Crippen LogP contribution in [0.3, 0.4) is 0 Å². The highest BCUT2D eigenvalue weighted by molar-refractivity contribution is 6.10. The minimum atomic E-state index is -0.290. The van der Waals surface area contributed by atoms with Crippen LogP contribution >= 0.6 is 0 Å². The van der Waals surface area contributed by atoms with E-state index in [-0.39, 0.29) is 5.91 Å². The average molecular weight is 418 g/mol. The van der Waals surface area contributed by atoms with E-state index in [1.807, 2.05) is 50.2 Å². The second kappa shape index (κ2) is 10.8. The smallest absolute Gasteiger partial charge is 0.257 e. The normalized spacial score (nSPS) is 11.0. The Kier molecular flexibility index (Phi) is 7.59. The molecule has 0 radical (unpaired) electrons. The summed E-state index contributed by atoms with van der Waals surface area (Å²) in [5.41, 5.74) is 3.03. The standard InChI is InChI=1S/C24H26N4O3/c1-4-31-20-11-9-18(10-12-20)23(29)28-24(26-16-19-7-5-6-14-25-19)27-21-15-17(2)8-13-22(21)30-3/h5-15H,4,16H2,1-3H3,(H2,26,27,28,29). The van der Waals surface area contributed by atoms with Crippen LogP contribution in [0.15, 0.2) is 71.9 Å². The number of benzene rings is 2. The van der Waals surface area contributed by atoms with Gasteiger partial charge in [-0.1, -0.05) is 12.1 Å². The summed E-state index contributed by atoms with van der Waals surface area (Å²) in [6.07, 6.45) is 1.71. The fraction of sp³-hybridized carbons (Fsp3) is 0.208. The zero-order valence-electron chi connectivity index (χ0n) is 17.9. The molecule has 0 spiro atoms. The van der Waals surface area contributed by atoms with Crippen molar-refractivity contribution in [1.29, 1.82) is 0 Å². The molecular weight excluding hydrogens is 392 g/mol. The molecule has 3 aromatic rings. The summed E-state index contributed by atoms with van der Waals surface area (Å²) >= 11 is 0. The number of carbonyl (C=O) groups excluding carboxylic acids is 1. The minimum absolute atomic E-state index is 0.290. The maximum Gasteiger partial charge on any atom is 0.257 e. The highest BCUT2D eigenvalue weighted by atomic mass is 16.5. The molecule has 0 saturated carbocycles. The van der Waals surface area contributed by atoms with Gasteiger partial charge in [0.1, 0.15) is 11.5 Å². The van der Waals surface area contributed by atoms with Gasteiger partial charge in [-0.3, -0.25) is 15.1 Å². The first kappa shape index (κ1) is 21.8. The van der Waals surface area contributed by atoms with Crippen LogP contribution in [0, 0.1) is 6.92 Å². The van der Waals surface area contributed by atoms with E-state index in [9.17, 15) is 4.79 Å². The maximum atomic E-state index is 12.8. The second-order valence-electron chi connectivity index (χ2n) is 6.73. The number of aromatic nitrogens is 1. The number of hydrogen-bond donors (Lipinski definition) is 2. The number of guanidine groups is 1. The summed E-state index contributed by atoms with van der Waals surface area (Å²) < 4.78 is 10.9. The number of rotatable bonds is 7. The molecule has 31 heavy (non-hydrogen) atoms. The third-order valence-electron chi connectivity index (χ3n) is 4.39. The number of aryl methyl sites for hydroxylation is 1. The van der Waals surface area contributed by atoms with Crippen LogP contribution < -0.4 is 20.1 Å². The van der Waals surface area contributed by atoms with Gasteiger partial charge in [0.05, 0.1) is 31.6 Å². The molecule has 1 aromatic heterocycles. The van der Waals surface area contributed by atoms with Crippen molar-refractivity contribution in [2.45, 2.75) is 20.4 Å². The Morgan fingerprint density at radius 3 is 2.58 bits per heavy atom. The van der Waals surface area contributed by atoms with Gasteiger partial charge in [-0.05, 0) is 67.9 Å². The van der Waals surface area contributed by atoms with Crippen molar-refractivity contribution in [2.24, 2.45) is 4.99 Å². The number of pyridine rings is 1. The van der Waals surface area contributed by atoms with E-state index in [1.165, 1.54) is 0 Å². The molecule has 7 heteroatoms. The van der Waals surface area contributed by atoms with Crippen LogP contribution in [0.5, 0.6) is 11.5 Å². The molecule has 0 bridgehead atoms. The van der Waals surface area contributed by atoms with Gasteiger partial charge in [0.2, 0.25) is 5.96 Å². The number of nitrogens with one attached hydrogen (secondary N) is 2. The summed E-state index contributed by atoms with van der Waals surface area (Å²) in [5, 5.41) is 6.03. The summed E-state index contributed by atoms with van der Waals surface area (Å²) in [4.78, 5) is 21.6. The monoisotopic (exact) mass is 418 g/mol. The zero-order chi connectivity index (χ0) is 22.1. The van der Waals surface area contributed by atoms with Crippen LogP contribution in [0.2, 0.25) is 0 Å². The molecular formula is C24H26N4O3. The number of anilines is 1. The lowest BCUT2D eigenvalue weighted by molar-refractivity contribution is 0.0977. The molecule has 2 N–H and O–H groups in total. The first-order chi connectivity index (χ1) is 15.1.